The van der Waals surface area contributed by atoms with Crippen LogP contribution in [-0.4, -0.2) is 15.6 Å². The molecule has 1 heterocycles. The van der Waals surface area contributed by atoms with Crippen LogP contribution in [0.2, 0.25) is 0 Å². The van der Waals surface area contributed by atoms with Crippen LogP contribution in [0.3, 0.4) is 0 Å². The number of hydrogen-bond acceptors (Lipinski definition) is 3. The van der Waals surface area contributed by atoms with E-state index in [2.05, 4.69) is 34.5 Å². The van der Waals surface area contributed by atoms with E-state index >= 15 is 0 Å². The number of fused-ring (bicyclic) bond motifs is 1. The minimum Gasteiger partial charge on any atom is -0.328 e. The fraction of sp³-hybridized carbons (Fsp3) is 0.357. The lowest BCUT2D eigenvalue weighted by molar-refractivity contribution is 0.508. The minimum atomic E-state index is 0.185. The molecule has 1 aromatic carbocycles. The molecule has 4 nitrogen and oxygen atoms in total. The Morgan fingerprint density at radius 3 is 2.94 bits per heavy atom. The predicted octanol–water partition coefficient (Wildman–Crippen LogP) is 2.01. The smallest absolute Gasteiger partial charge is 0.111 e. The third-order valence-corrected chi connectivity index (χ3v) is 3.17. The van der Waals surface area contributed by atoms with Gasteiger partial charge in [-0.1, -0.05) is 18.2 Å². The Morgan fingerprint density at radius 2 is 2.28 bits per heavy atom. The molecule has 4 heteroatoms. The maximum absolute atomic E-state index is 5.56. The van der Waals surface area contributed by atoms with E-state index in [1.54, 1.807) is 0 Å². The molecule has 1 aromatic heterocycles. The molecule has 0 aliphatic rings. The molecular formula is C14H20N4. The molecule has 2 aromatic rings. The summed E-state index contributed by atoms with van der Waals surface area (Å²) in [5, 5.41) is 0. The summed E-state index contributed by atoms with van der Waals surface area (Å²) < 4.78 is 2.24. The van der Waals surface area contributed by atoms with E-state index in [0.717, 1.165) is 30.7 Å². The van der Waals surface area contributed by atoms with Crippen molar-refractivity contribution in [3.63, 3.8) is 0 Å². The fourth-order valence-electron chi connectivity index (χ4n) is 2.27. The van der Waals surface area contributed by atoms with Crippen molar-refractivity contribution in [1.82, 2.24) is 15.0 Å². The number of nitrogens with one attached hydrogen (secondary N) is 1. The molecule has 3 N–H and O–H groups in total. The zero-order valence-electron chi connectivity index (χ0n) is 10.8. The van der Waals surface area contributed by atoms with Crippen molar-refractivity contribution in [3.05, 3.63) is 42.7 Å². The zero-order valence-corrected chi connectivity index (χ0v) is 10.8. The van der Waals surface area contributed by atoms with E-state index in [1.807, 2.05) is 24.3 Å². The fourth-order valence-corrected chi connectivity index (χ4v) is 2.27. The minimum absolute atomic E-state index is 0.185. The maximum Gasteiger partial charge on any atom is 0.111 e. The van der Waals surface area contributed by atoms with Gasteiger partial charge in [0.1, 0.15) is 5.82 Å². The van der Waals surface area contributed by atoms with Crippen molar-refractivity contribution in [3.8, 4) is 0 Å². The normalized spacial score (nSPS) is 12.8. The van der Waals surface area contributed by atoms with Gasteiger partial charge in [-0.2, -0.15) is 0 Å². The van der Waals surface area contributed by atoms with E-state index in [4.69, 9.17) is 5.84 Å². The molecule has 0 fully saturated rings. The molecule has 0 saturated carbocycles. The Morgan fingerprint density at radius 1 is 1.50 bits per heavy atom. The molecule has 0 bridgehead atoms. The average Bonchev–Trinajstić information content (AvgIpc) is 2.75. The summed E-state index contributed by atoms with van der Waals surface area (Å²) in [6, 6.07) is 8.39. The number of hydrogen-bond donors (Lipinski definition) is 2. The zero-order chi connectivity index (χ0) is 13.0. The lowest BCUT2D eigenvalue weighted by atomic mass is 10.1. The molecule has 0 spiro atoms. The van der Waals surface area contributed by atoms with Crippen molar-refractivity contribution < 1.29 is 0 Å². The topological polar surface area (TPSA) is 55.9 Å². The van der Waals surface area contributed by atoms with Crippen LogP contribution >= 0.6 is 0 Å². The second-order valence-corrected chi connectivity index (χ2v) is 4.35. The van der Waals surface area contributed by atoms with Gasteiger partial charge in [0.25, 0.3) is 0 Å². The molecular weight excluding hydrogens is 224 g/mol. The summed E-state index contributed by atoms with van der Waals surface area (Å²) in [5.74, 6) is 6.63. The van der Waals surface area contributed by atoms with Crippen LogP contribution in [0.1, 0.15) is 19.2 Å². The highest BCUT2D eigenvalue weighted by atomic mass is 15.2. The van der Waals surface area contributed by atoms with E-state index in [1.165, 1.54) is 5.52 Å². The number of hydrazine groups is 1. The number of nitrogens with two attached hydrogens (primary N) is 1. The highest BCUT2D eigenvalue weighted by Crippen LogP contribution is 2.17. The summed E-state index contributed by atoms with van der Waals surface area (Å²) in [5.41, 5.74) is 5.05. The number of nitrogens with zero attached hydrogens (tertiary/aromatic N) is 2. The first-order valence-corrected chi connectivity index (χ1v) is 6.31. The van der Waals surface area contributed by atoms with Gasteiger partial charge in [-0.3, -0.25) is 11.3 Å². The molecule has 1 atom stereocenters. The SMILES string of the molecule is C=CCC(Cc1nc2ccccc2n1CC)NN. The first-order valence-electron chi connectivity index (χ1n) is 6.31. The quantitative estimate of drug-likeness (QED) is 0.464. The number of aryl methyl sites for hydroxylation is 1. The third kappa shape index (κ3) is 2.44. The molecule has 18 heavy (non-hydrogen) atoms. The van der Waals surface area contributed by atoms with Crippen LogP contribution in [0.5, 0.6) is 0 Å². The molecule has 0 aliphatic heterocycles. The lowest BCUT2D eigenvalue weighted by Gasteiger charge is -2.14. The number of para-hydroxylation sites is 2. The van der Waals surface area contributed by atoms with Crippen LogP contribution in [-0.2, 0) is 13.0 Å². The summed E-state index contributed by atoms with van der Waals surface area (Å²) in [6.07, 6.45) is 3.53. The predicted molar refractivity (Wildman–Crippen MR) is 75.0 cm³/mol. The molecule has 96 valence electrons. The molecule has 0 radical (unpaired) electrons. The Bertz CT molecular complexity index is 530. The van der Waals surface area contributed by atoms with E-state index in [-0.39, 0.29) is 6.04 Å². The van der Waals surface area contributed by atoms with Gasteiger partial charge in [0.15, 0.2) is 0 Å². The standard InChI is InChI=1S/C14H20N4/c1-3-7-11(17-15)10-14-16-12-8-5-6-9-13(12)18(14)4-2/h3,5-6,8-9,11,17H,1,4,7,10,15H2,2H3. The first-order chi connectivity index (χ1) is 8.80. The third-order valence-electron chi connectivity index (χ3n) is 3.17. The van der Waals surface area contributed by atoms with Gasteiger partial charge in [-0.15, -0.1) is 6.58 Å². The molecule has 0 saturated heterocycles. The second kappa shape index (κ2) is 5.80. The van der Waals surface area contributed by atoms with Gasteiger partial charge in [-0.25, -0.2) is 4.98 Å². The molecule has 0 amide bonds. The van der Waals surface area contributed by atoms with Crippen LogP contribution in [0.25, 0.3) is 11.0 Å². The van der Waals surface area contributed by atoms with Crippen molar-refractivity contribution in [1.29, 1.82) is 0 Å². The number of benzene rings is 1. The van der Waals surface area contributed by atoms with Gasteiger partial charge < -0.3 is 4.57 Å². The number of imidazole rings is 1. The van der Waals surface area contributed by atoms with Crippen molar-refractivity contribution in [2.24, 2.45) is 5.84 Å². The van der Waals surface area contributed by atoms with Gasteiger partial charge in [0.2, 0.25) is 0 Å². The molecule has 0 aliphatic carbocycles. The second-order valence-electron chi connectivity index (χ2n) is 4.35. The van der Waals surface area contributed by atoms with E-state index < -0.39 is 0 Å². The summed E-state index contributed by atoms with van der Waals surface area (Å²) in [4.78, 5) is 4.69. The Kier molecular flexibility index (Phi) is 4.12. The monoisotopic (exact) mass is 244 g/mol. The van der Waals surface area contributed by atoms with Crippen LogP contribution in [0, 0.1) is 0 Å². The Hall–Kier alpha value is -1.65. The number of aromatic nitrogens is 2. The van der Waals surface area contributed by atoms with Gasteiger partial charge >= 0.3 is 0 Å². The van der Waals surface area contributed by atoms with Crippen LogP contribution in [0.15, 0.2) is 36.9 Å². The highest BCUT2D eigenvalue weighted by molar-refractivity contribution is 5.75. The molecule has 2 rings (SSSR count). The van der Waals surface area contributed by atoms with Gasteiger partial charge in [0.05, 0.1) is 11.0 Å². The summed E-state index contributed by atoms with van der Waals surface area (Å²) >= 11 is 0. The highest BCUT2D eigenvalue weighted by Gasteiger charge is 2.13. The maximum atomic E-state index is 5.56. The van der Waals surface area contributed by atoms with Crippen molar-refractivity contribution >= 4 is 11.0 Å². The average molecular weight is 244 g/mol. The first kappa shape index (κ1) is 12.8. The lowest BCUT2D eigenvalue weighted by Crippen LogP contribution is -2.37. The summed E-state index contributed by atoms with van der Waals surface area (Å²) in [6.45, 7) is 6.81. The van der Waals surface area contributed by atoms with Crippen LogP contribution in [0.4, 0.5) is 0 Å². The summed E-state index contributed by atoms with van der Waals surface area (Å²) in [7, 11) is 0. The Balaban J connectivity index is 2.34. The van der Waals surface area contributed by atoms with Crippen molar-refractivity contribution in [2.45, 2.75) is 32.4 Å². The van der Waals surface area contributed by atoms with E-state index in [0.29, 0.717) is 0 Å². The largest absolute Gasteiger partial charge is 0.328 e. The molecule has 1 unspecified atom stereocenters. The van der Waals surface area contributed by atoms with Gasteiger partial charge in [0, 0.05) is 19.0 Å². The van der Waals surface area contributed by atoms with Crippen molar-refractivity contribution in [2.75, 3.05) is 0 Å². The Labute approximate surface area is 107 Å². The van der Waals surface area contributed by atoms with Crippen LogP contribution < -0.4 is 11.3 Å². The number of rotatable bonds is 6. The van der Waals surface area contributed by atoms with Gasteiger partial charge in [-0.05, 0) is 25.5 Å². The van der Waals surface area contributed by atoms with E-state index in [9.17, 15) is 0 Å².